The van der Waals surface area contributed by atoms with Gasteiger partial charge in [0.25, 0.3) is 0 Å². The van der Waals surface area contributed by atoms with Crippen LogP contribution >= 0.6 is 0 Å². The maximum Gasteiger partial charge on any atom is 0.193 e. The number of hydrogen-bond acceptors (Lipinski definition) is 4. The second-order valence-electron chi connectivity index (χ2n) is 5.49. The van der Waals surface area contributed by atoms with E-state index in [9.17, 15) is 0 Å². The van der Waals surface area contributed by atoms with Crippen molar-refractivity contribution in [3.05, 3.63) is 53.1 Å². The molecule has 1 aliphatic heterocycles. The second kappa shape index (κ2) is 7.23. The lowest BCUT2D eigenvalue weighted by atomic mass is 10.1. The number of nitrogens with one attached hydrogen (secondary N) is 1. The molecule has 0 unspecified atom stereocenters. The fourth-order valence-electron chi connectivity index (χ4n) is 2.59. The van der Waals surface area contributed by atoms with Crippen molar-refractivity contribution in [1.29, 1.82) is 0 Å². The first kappa shape index (κ1) is 16.1. The molecule has 0 saturated carbocycles. The molecular formula is C18H21N3O3. The molecule has 0 radical (unpaired) electrons. The summed E-state index contributed by atoms with van der Waals surface area (Å²) in [6.07, 6.45) is 0. The molecular weight excluding hydrogens is 306 g/mol. The molecule has 2 aromatic carbocycles. The van der Waals surface area contributed by atoms with Crippen LogP contribution in [0.5, 0.6) is 11.5 Å². The van der Waals surface area contributed by atoms with Crippen LogP contribution < -0.4 is 20.5 Å². The molecule has 1 aliphatic rings. The van der Waals surface area contributed by atoms with Gasteiger partial charge in [-0.05, 0) is 28.8 Å². The van der Waals surface area contributed by atoms with E-state index in [0.29, 0.717) is 42.9 Å². The Balaban J connectivity index is 1.70. The summed E-state index contributed by atoms with van der Waals surface area (Å²) in [6, 6.07) is 11.7. The van der Waals surface area contributed by atoms with E-state index in [2.05, 4.69) is 28.5 Å². The van der Waals surface area contributed by atoms with E-state index < -0.39 is 0 Å². The highest BCUT2D eigenvalue weighted by molar-refractivity contribution is 5.94. The van der Waals surface area contributed by atoms with Crippen LogP contribution in [0.15, 0.2) is 41.4 Å². The third-order valence-corrected chi connectivity index (χ3v) is 3.89. The van der Waals surface area contributed by atoms with Gasteiger partial charge >= 0.3 is 0 Å². The molecule has 3 rings (SSSR count). The number of aliphatic imine (C=N–C) groups is 1. The van der Waals surface area contributed by atoms with Gasteiger partial charge in [0.15, 0.2) is 5.96 Å². The number of benzene rings is 2. The first-order chi connectivity index (χ1) is 11.7. The Morgan fingerprint density at radius 2 is 1.96 bits per heavy atom. The number of methoxy groups -OCH3 is 2. The number of fused-ring (bicyclic) bond motifs is 1. The fourth-order valence-corrected chi connectivity index (χ4v) is 2.59. The molecule has 0 amide bonds. The summed E-state index contributed by atoms with van der Waals surface area (Å²) in [5, 5.41) is 3.06. The van der Waals surface area contributed by atoms with Crippen LogP contribution in [0.4, 0.5) is 5.69 Å². The van der Waals surface area contributed by atoms with Gasteiger partial charge in [0, 0.05) is 6.07 Å². The summed E-state index contributed by atoms with van der Waals surface area (Å²) in [6.45, 7) is 1.86. The minimum absolute atomic E-state index is 0.318. The molecule has 2 aromatic rings. The zero-order chi connectivity index (χ0) is 16.9. The molecule has 0 spiro atoms. The van der Waals surface area contributed by atoms with Gasteiger partial charge < -0.3 is 25.3 Å². The molecule has 0 atom stereocenters. The smallest absolute Gasteiger partial charge is 0.193 e. The summed E-state index contributed by atoms with van der Waals surface area (Å²) in [7, 11) is 3.22. The summed E-state index contributed by atoms with van der Waals surface area (Å²) < 4.78 is 16.0. The first-order valence-electron chi connectivity index (χ1n) is 7.67. The number of hydrogen-bond donors (Lipinski definition) is 2. The highest BCUT2D eigenvalue weighted by Crippen LogP contribution is 2.28. The van der Waals surface area contributed by atoms with Crippen molar-refractivity contribution in [1.82, 2.24) is 0 Å². The van der Waals surface area contributed by atoms with Gasteiger partial charge in [-0.15, -0.1) is 0 Å². The quantitative estimate of drug-likeness (QED) is 0.652. The lowest BCUT2D eigenvalue weighted by Crippen LogP contribution is -2.23. The lowest BCUT2D eigenvalue weighted by Gasteiger charge is -2.12. The molecule has 0 aliphatic carbocycles. The summed E-state index contributed by atoms with van der Waals surface area (Å²) in [5.41, 5.74) is 10.3. The number of nitrogens with zero attached hydrogens (tertiary/aromatic N) is 1. The van der Waals surface area contributed by atoms with Crippen molar-refractivity contribution >= 4 is 11.6 Å². The molecule has 1 heterocycles. The van der Waals surface area contributed by atoms with E-state index in [-0.39, 0.29) is 0 Å². The van der Waals surface area contributed by atoms with Gasteiger partial charge in [0.1, 0.15) is 11.5 Å². The van der Waals surface area contributed by atoms with Crippen LogP contribution in [0, 0.1) is 0 Å². The van der Waals surface area contributed by atoms with Crippen molar-refractivity contribution in [3.63, 3.8) is 0 Å². The van der Waals surface area contributed by atoms with Gasteiger partial charge in [-0.2, -0.15) is 0 Å². The minimum atomic E-state index is 0.318. The van der Waals surface area contributed by atoms with E-state index in [1.54, 1.807) is 14.2 Å². The van der Waals surface area contributed by atoms with E-state index in [0.717, 1.165) is 5.56 Å². The van der Waals surface area contributed by atoms with Crippen LogP contribution in [0.3, 0.4) is 0 Å². The topological polar surface area (TPSA) is 78.1 Å². The standard InChI is InChI=1S/C18H21N3O3/c1-22-15-5-6-17(23-2)16(8-15)21-18(19)20-9-12-3-4-13-10-24-11-14(13)7-12/h3-8H,9-11H2,1-2H3,(H3,19,20,21). The van der Waals surface area contributed by atoms with E-state index >= 15 is 0 Å². The highest BCUT2D eigenvalue weighted by atomic mass is 16.5. The average molecular weight is 327 g/mol. The van der Waals surface area contributed by atoms with E-state index in [1.165, 1.54) is 11.1 Å². The van der Waals surface area contributed by atoms with Crippen molar-refractivity contribution < 1.29 is 14.2 Å². The number of nitrogens with two attached hydrogens (primary N) is 1. The average Bonchev–Trinajstić information content (AvgIpc) is 3.07. The Kier molecular flexibility index (Phi) is 4.86. The SMILES string of the molecule is COc1ccc(OC)c(NC(N)=NCc2ccc3c(c2)COC3)c1. The zero-order valence-electron chi connectivity index (χ0n) is 13.8. The Morgan fingerprint density at radius 3 is 2.75 bits per heavy atom. The lowest BCUT2D eigenvalue weighted by molar-refractivity contribution is 0.134. The van der Waals surface area contributed by atoms with Crippen LogP contribution in [0.25, 0.3) is 0 Å². The van der Waals surface area contributed by atoms with Crippen molar-refractivity contribution in [3.8, 4) is 11.5 Å². The van der Waals surface area contributed by atoms with Crippen molar-refractivity contribution in [2.45, 2.75) is 19.8 Å². The van der Waals surface area contributed by atoms with E-state index in [4.69, 9.17) is 19.9 Å². The molecule has 0 bridgehead atoms. The number of rotatable bonds is 5. The molecule has 3 N–H and O–H groups in total. The number of ether oxygens (including phenoxy) is 3. The summed E-state index contributed by atoms with van der Waals surface area (Å²) >= 11 is 0. The minimum Gasteiger partial charge on any atom is -0.497 e. The van der Waals surface area contributed by atoms with Crippen LogP contribution in [0.1, 0.15) is 16.7 Å². The van der Waals surface area contributed by atoms with Crippen molar-refractivity contribution in [2.24, 2.45) is 10.7 Å². The monoisotopic (exact) mass is 327 g/mol. The van der Waals surface area contributed by atoms with Crippen LogP contribution in [0.2, 0.25) is 0 Å². The van der Waals surface area contributed by atoms with Gasteiger partial charge in [-0.1, -0.05) is 18.2 Å². The summed E-state index contributed by atoms with van der Waals surface area (Å²) in [5.74, 6) is 1.70. The maximum absolute atomic E-state index is 6.00. The predicted octanol–water partition coefficient (Wildman–Crippen LogP) is 2.66. The van der Waals surface area contributed by atoms with E-state index in [1.807, 2.05) is 18.2 Å². The molecule has 6 nitrogen and oxygen atoms in total. The normalized spacial score (nSPS) is 13.5. The third kappa shape index (κ3) is 3.60. The predicted molar refractivity (Wildman–Crippen MR) is 93.4 cm³/mol. The first-order valence-corrected chi connectivity index (χ1v) is 7.67. The molecule has 0 aromatic heterocycles. The van der Waals surface area contributed by atoms with Gasteiger partial charge in [0.05, 0.1) is 39.7 Å². The third-order valence-electron chi connectivity index (χ3n) is 3.89. The van der Waals surface area contributed by atoms with Crippen LogP contribution in [-0.2, 0) is 24.5 Å². The largest absolute Gasteiger partial charge is 0.497 e. The van der Waals surface area contributed by atoms with Gasteiger partial charge in [-0.3, -0.25) is 0 Å². The summed E-state index contributed by atoms with van der Waals surface area (Å²) in [4.78, 5) is 4.39. The maximum atomic E-state index is 6.00. The van der Waals surface area contributed by atoms with Gasteiger partial charge in [0.2, 0.25) is 0 Å². The molecule has 0 saturated heterocycles. The molecule has 24 heavy (non-hydrogen) atoms. The molecule has 126 valence electrons. The molecule has 0 fully saturated rings. The molecule has 6 heteroatoms. The Hall–Kier alpha value is -2.73. The Labute approximate surface area is 141 Å². The van der Waals surface area contributed by atoms with Crippen molar-refractivity contribution in [2.75, 3.05) is 19.5 Å². The number of anilines is 1. The zero-order valence-corrected chi connectivity index (χ0v) is 13.8. The fraction of sp³-hybridized carbons (Fsp3) is 0.278. The van der Waals surface area contributed by atoms with Crippen LogP contribution in [-0.4, -0.2) is 20.2 Å². The Bertz CT molecular complexity index is 759. The Morgan fingerprint density at radius 1 is 1.12 bits per heavy atom. The highest BCUT2D eigenvalue weighted by Gasteiger charge is 2.11. The second-order valence-corrected chi connectivity index (χ2v) is 5.49. The number of guanidine groups is 1. The van der Waals surface area contributed by atoms with Gasteiger partial charge in [-0.25, -0.2) is 4.99 Å².